The highest BCUT2D eigenvalue weighted by molar-refractivity contribution is 5.77. The first-order chi connectivity index (χ1) is 6.25. The summed E-state index contributed by atoms with van der Waals surface area (Å²) in [7, 11) is 1.88. The van der Waals surface area contributed by atoms with Crippen molar-refractivity contribution in [2.75, 3.05) is 7.05 Å². The minimum absolute atomic E-state index is 0.283. The van der Waals surface area contributed by atoms with E-state index in [2.05, 4.69) is 20.8 Å². The molecule has 0 aromatic heterocycles. The Morgan fingerprint density at radius 2 is 1.86 bits per heavy atom. The van der Waals surface area contributed by atoms with Crippen LogP contribution in [-0.2, 0) is 4.79 Å². The molecule has 0 aliphatic heterocycles. The second kappa shape index (κ2) is 4.78. The van der Waals surface area contributed by atoms with Gasteiger partial charge < -0.3 is 5.11 Å². The lowest BCUT2D eigenvalue weighted by Crippen LogP contribution is -2.53. The van der Waals surface area contributed by atoms with Gasteiger partial charge in [0.15, 0.2) is 0 Å². The molecule has 0 radical (unpaired) electrons. The van der Waals surface area contributed by atoms with E-state index in [1.807, 2.05) is 11.9 Å². The van der Waals surface area contributed by atoms with Gasteiger partial charge in [-0.2, -0.15) is 0 Å². The molecule has 1 N–H and O–H groups in total. The molecule has 0 aromatic carbocycles. The predicted octanol–water partition coefficient (Wildman–Crippen LogP) is 2.22. The number of nitrogens with zero attached hydrogens (tertiary/aromatic N) is 1. The quantitative estimate of drug-likeness (QED) is 0.741. The number of carboxylic acids is 1. The van der Waals surface area contributed by atoms with Crippen LogP contribution in [0.2, 0.25) is 0 Å². The van der Waals surface area contributed by atoms with Crippen LogP contribution in [0.15, 0.2) is 0 Å². The molecule has 2 atom stereocenters. The SMILES string of the molecule is CCC(C)C(C)N(C)C(C)(C)C(=O)O. The molecule has 0 aliphatic carbocycles. The van der Waals surface area contributed by atoms with E-state index in [1.165, 1.54) is 0 Å². The molecular weight excluding hydrogens is 178 g/mol. The highest BCUT2D eigenvalue weighted by Crippen LogP contribution is 2.21. The Morgan fingerprint density at radius 1 is 1.43 bits per heavy atom. The molecule has 0 spiro atoms. The summed E-state index contributed by atoms with van der Waals surface area (Å²) in [6.45, 7) is 9.85. The summed E-state index contributed by atoms with van der Waals surface area (Å²) in [4.78, 5) is 13.0. The van der Waals surface area contributed by atoms with Crippen molar-refractivity contribution in [3.63, 3.8) is 0 Å². The molecule has 0 fully saturated rings. The Kier molecular flexibility index (Phi) is 4.59. The second-order valence-electron chi connectivity index (χ2n) is 4.60. The highest BCUT2D eigenvalue weighted by atomic mass is 16.4. The monoisotopic (exact) mass is 201 g/mol. The Bertz CT molecular complexity index is 201. The van der Waals surface area contributed by atoms with Crippen molar-refractivity contribution in [1.82, 2.24) is 4.90 Å². The summed E-state index contributed by atoms with van der Waals surface area (Å²) in [5.74, 6) is -0.256. The van der Waals surface area contributed by atoms with Crippen LogP contribution in [0.4, 0.5) is 0 Å². The second-order valence-corrected chi connectivity index (χ2v) is 4.60. The van der Waals surface area contributed by atoms with Gasteiger partial charge in [0, 0.05) is 6.04 Å². The molecule has 0 aliphatic rings. The fourth-order valence-corrected chi connectivity index (χ4v) is 1.38. The fraction of sp³-hybridized carbons (Fsp3) is 0.909. The van der Waals surface area contributed by atoms with E-state index in [-0.39, 0.29) is 6.04 Å². The van der Waals surface area contributed by atoms with Gasteiger partial charge in [-0.05, 0) is 33.7 Å². The first-order valence-corrected chi connectivity index (χ1v) is 5.21. The summed E-state index contributed by atoms with van der Waals surface area (Å²) in [5, 5.41) is 9.07. The maximum Gasteiger partial charge on any atom is 0.323 e. The highest BCUT2D eigenvalue weighted by Gasteiger charge is 2.35. The third-order valence-corrected chi connectivity index (χ3v) is 3.48. The molecule has 2 unspecified atom stereocenters. The predicted molar refractivity (Wildman–Crippen MR) is 58.4 cm³/mol. The lowest BCUT2D eigenvalue weighted by Gasteiger charge is -2.39. The van der Waals surface area contributed by atoms with Crippen molar-refractivity contribution < 1.29 is 9.90 Å². The van der Waals surface area contributed by atoms with Crippen molar-refractivity contribution in [1.29, 1.82) is 0 Å². The van der Waals surface area contributed by atoms with Crippen LogP contribution in [0.25, 0.3) is 0 Å². The molecule has 0 saturated heterocycles. The standard InChI is InChI=1S/C11H23NO2/c1-7-8(2)9(3)12(6)11(4,5)10(13)14/h8-9H,7H2,1-6H3,(H,13,14). The number of carboxylic acid groups (broad SMARTS) is 1. The van der Waals surface area contributed by atoms with Crippen molar-refractivity contribution in [2.45, 2.75) is 52.6 Å². The lowest BCUT2D eigenvalue weighted by atomic mass is 9.94. The van der Waals surface area contributed by atoms with Crippen LogP contribution in [0, 0.1) is 5.92 Å². The van der Waals surface area contributed by atoms with Crippen molar-refractivity contribution >= 4 is 5.97 Å². The molecule has 0 bridgehead atoms. The lowest BCUT2D eigenvalue weighted by molar-refractivity contribution is -0.150. The molecule has 0 aromatic rings. The molecule has 3 heteroatoms. The molecule has 0 saturated carbocycles. The topological polar surface area (TPSA) is 40.5 Å². The van der Waals surface area contributed by atoms with Gasteiger partial charge in [0.25, 0.3) is 0 Å². The Hall–Kier alpha value is -0.570. The molecule has 14 heavy (non-hydrogen) atoms. The van der Waals surface area contributed by atoms with E-state index < -0.39 is 11.5 Å². The van der Waals surface area contributed by atoms with Crippen LogP contribution in [0.5, 0.6) is 0 Å². The van der Waals surface area contributed by atoms with Crippen molar-refractivity contribution in [2.24, 2.45) is 5.92 Å². The molecule has 84 valence electrons. The largest absolute Gasteiger partial charge is 0.480 e. The Morgan fingerprint density at radius 3 is 2.14 bits per heavy atom. The summed E-state index contributed by atoms with van der Waals surface area (Å²) < 4.78 is 0. The first-order valence-electron chi connectivity index (χ1n) is 5.21. The Balaban J connectivity index is 4.60. The number of carbonyl (C=O) groups is 1. The minimum Gasteiger partial charge on any atom is -0.480 e. The number of hydrogen-bond donors (Lipinski definition) is 1. The van der Waals surface area contributed by atoms with Gasteiger partial charge in [-0.3, -0.25) is 9.69 Å². The average Bonchev–Trinajstić information content (AvgIpc) is 2.13. The van der Waals surface area contributed by atoms with Gasteiger partial charge in [0.2, 0.25) is 0 Å². The smallest absolute Gasteiger partial charge is 0.323 e. The maximum absolute atomic E-state index is 11.0. The van der Waals surface area contributed by atoms with E-state index >= 15 is 0 Å². The number of likely N-dealkylation sites (N-methyl/N-ethyl adjacent to an activating group) is 1. The van der Waals surface area contributed by atoms with Gasteiger partial charge in [0.1, 0.15) is 5.54 Å². The average molecular weight is 201 g/mol. The number of aliphatic carboxylic acids is 1. The zero-order valence-electron chi connectivity index (χ0n) is 10.2. The summed E-state index contributed by atoms with van der Waals surface area (Å²) in [6.07, 6.45) is 1.07. The molecule has 3 nitrogen and oxygen atoms in total. The van der Waals surface area contributed by atoms with E-state index in [9.17, 15) is 4.79 Å². The number of rotatable bonds is 5. The van der Waals surface area contributed by atoms with E-state index in [4.69, 9.17) is 5.11 Å². The third kappa shape index (κ3) is 2.71. The van der Waals surface area contributed by atoms with Crippen molar-refractivity contribution in [3.8, 4) is 0 Å². The van der Waals surface area contributed by atoms with Crippen molar-refractivity contribution in [3.05, 3.63) is 0 Å². The maximum atomic E-state index is 11.0. The summed E-state index contributed by atoms with van der Waals surface area (Å²) in [6, 6.07) is 0.283. The molecule has 0 rings (SSSR count). The summed E-state index contributed by atoms with van der Waals surface area (Å²) >= 11 is 0. The van der Waals surface area contributed by atoms with Gasteiger partial charge in [-0.15, -0.1) is 0 Å². The van der Waals surface area contributed by atoms with Gasteiger partial charge in [-0.25, -0.2) is 0 Å². The molecule has 0 heterocycles. The van der Waals surface area contributed by atoms with Crippen LogP contribution in [-0.4, -0.2) is 34.6 Å². The Labute approximate surface area is 87.1 Å². The van der Waals surface area contributed by atoms with Crippen LogP contribution in [0.3, 0.4) is 0 Å². The van der Waals surface area contributed by atoms with E-state index in [0.717, 1.165) is 6.42 Å². The first kappa shape index (κ1) is 13.4. The minimum atomic E-state index is -0.789. The summed E-state index contributed by atoms with van der Waals surface area (Å²) in [5.41, 5.74) is -0.789. The van der Waals surface area contributed by atoms with Crippen LogP contribution in [0.1, 0.15) is 41.0 Å². The number of hydrogen-bond acceptors (Lipinski definition) is 2. The normalized spacial score (nSPS) is 16.8. The van der Waals surface area contributed by atoms with E-state index in [0.29, 0.717) is 5.92 Å². The fourth-order valence-electron chi connectivity index (χ4n) is 1.38. The molecular formula is C11H23NO2. The van der Waals surface area contributed by atoms with Gasteiger partial charge in [0.05, 0.1) is 0 Å². The zero-order chi connectivity index (χ0) is 11.5. The zero-order valence-corrected chi connectivity index (χ0v) is 10.2. The van der Waals surface area contributed by atoms with Gasteiger partial charge >= 0.3 is 5.97 Å². The van der Waals surface area contributed by atoms with Gasteiger partial charge in [-0.1, -0.05) is 20.3 Å². The van der Waals surface area contributed by atoms with Crippen LogP contribution >= 0.6 is 0 Å². The molecule has 0 amide bonds. The van der Waals surface area contributed by atoms with Crippen LogP contribution < -0.4 is 0 Å². The third-order valence-electron chi connectivity index (χ3n) is 3.48. The van der Waals surface area contributed by atoms with E-state index in [1.54, 1.807) is 13.8 Å².